The van der Waals surface area contributed by atoms with Crippen LogP contribution in [0.3, 0.4) is 0 Å². The molecule has 0 aromatic heterocycles. The third-order valence-corrected chi connectivity index (χ3v) is 2.75. The highest BCUT2D eigenvalue weighted by molar-refractivity contribution is 7.46. The summed E-state index contributed by atoms with van der Waals surface area (Å²) >= 11 is 0. The summed E-state index contributed by atoms with van der Waals surface area (Å²) in [5.41, 5.74) is 5.51. The van der Waals surface area contributed by atoms with Crippen LogP contribution in [-0.4, -0.2) is 39.5 Å². The van der Waals surface area contributed by atoms with Gasteiger partial charge in [-0.25, -0.2) is 9.56 Å². The lowest BCUT2D eigenvalue weighted by Crippen LogP contribution is -2.35. The van der Waals surface area contributed by atoms with Crippen molar-refractivity contribution in [3.05, 3.63) is 24.7 Å². The van der Waals surface area contributed by atoms with Gasteiger partial charge < -0.3 is 25.2 Å². The van der Waals surface area contributed by atoms with Crippen molar-refractivity contribution in [2.24, 2.45) is 10.7 Å². The van der Waals surface area contributed by atoms with Gasteiger partial charge in [-0.15, -0.1) is 0 Å². The molecule has 1 aliphatic heterocycles. The summed E-state index contributed by atoms with van der Waals surface area (Å²) in [6, 6.07) is 0. The number of phosphoric acid groups is 1. The zero-order valence-electron chi connectivity index (χ0n) is 10.8. The third-order valence-electron chi connectivity index (χ3n) is 2.26. The molecule has 1 unspecified atom stereocenters. The third kappa shape index (κ3) is 5.54. The molecule has 0 saturated heterocycles. The van der Waals surface area contributed by atoms with Crippen LogP contribution in [0.5, 0.6) is 0 Å². The Hall–Kier alpha value is -1.18. The van der Waals surface area contributed by atoms with Gasteiger partial charge in [0.2, 0.25) is 0 Å². The molecule has 0 amide bonds. The van der Waals surface area contributed by atoms with Crippen molar-refractivity contribution in [2.45, 2.75) is 26.2 Å². The van der Waals surface area contributed by atoms with Crippen LogP contribution in [0.1, 0.15) is 13.8 Å². The van der Waals surface area contributed by atoms with E-state index in [2.05, 4.69) is 16.1 Å². The molecule has 19 heavy (non-hydrogen) atoms. The molecule has 0 spiro atoms. The van der Waals surface area contributed by atoms with Crippen molar-refractivity contribution in [2.75, 3.05) is 6.61 Å². The molecule has 108 valence electrons. The molecule has 1 heterocycles. The van der Waals surface area contributed by atoms with E-state index in [1.165, 1.54) is 0 Å². The summed E-state index contributed by atoms with van der Waals surface area (Å²) in [7, 11) is -4.48. The van der Waals surface area contributed by atoms with Crippen molar-refractivity contribution < 1.29 is 23.6 Å². The van der Waals surface area contributed by atoms with Gasteiger partial charge in [-0.05, 0) is 19.9 Å². The molecule has 8 nitrogen and oxygen atoms in total. The minimum Gasteiger partial charge on any atom is -0.384 e. The lowest BCUT2D eigenvalue weighted by Gasteiger charge is -2.31. The largest absolute Gasteiger partial charge is 0.469 e. The van der Waals surface area contributed by atoms with Gasteiger partial charge in [0.05, 0.1) is 12.7 Å². The maximum absolute atomic E-state index is 10.6. The van der Waals surface area contributed by atoms with Gasteiger partial charge in [0.1, 0.15) is 17.9 Å². The average Bonchev–Trinajstić information content (AvgIpc) is 2.25. The van der Waals surface area contributed by atoms with Crippen molar-refractivity contribution in [3.8, 4) is 0 Å². The standard InChI is InChI=1S/C10H18N3O5P/c1-7(6-17-19(14,15)16)18-9(3)13-5-4-10(11)12-8(13)2/h4-5,7,9H,2,6H2,1,3H3,(H2,11,12)(H2,14,15,16)/t7?,9-/m1/s1. The number of aliphatic imine (C=N–C) groups is 1. The molecule has 0 aromatic rings. The van der Waals surface area contributed by atoms with Crippen LogP contribution in [-0.2, 0) is 13.8 Å². The number of ether oxygens (including phenoxy) is 1. The van der Waals surface area contributed by atoms with E-state index in [1.807, 2.05) is 0 Å². The first-order valence-corrected chi connectivity index (χ1v) is 7.07. The number of hydrogen-bond donors (Lipinski definition) is 3. The van der Waals surface area contributed by atoms with Crippen LogP contribution in [0, 0.1) is 0 Å². The molecular formula is C10H18N3O5P. The van der Waals surface area contributed by atoms with Crippen molar-refractivity contribution >= 4 is 13.7 Å². The Morgan fingerprint density at radius 2 is 2.21 bits per heavy atom. The van der Waals surface area contributed by atoms with E-state index >= 15 is 0 Å². The fraction of sp³-hybridized carbons (Fsp3) is 0.500. The van der Waals surface area contributed by atoms with E-state index in [0.29, 0.717) is 11.7 Å². The van der Waals surface area contributed by atoms with Crippen LogP contribution >= 0.6 is 7.82 Å². The van der Waals surface area contributed by atoms with E-state index < -0.39 is 20.2 Å². The van der Waals surface area contributed by atoms with Gasteiger partial charge in [-0.2, -0.15) is 0 Å². The predicted molar refractivity (Wildman–Crippen MR) is 69.7 cm³/mol. The molecule has 0 bridgehead atoms. The number of phosphoric ester groups is 1. The number of nitrogens with zero attached hydrogens (tertiary/aromatic N) is 2. The topological polar surface area (TPSA) is 118 Å². The first-order chi connectivity index (χ1) is 8.69. The van der Waals surface area contributed by atoms with Crippen molar-refractivity contribution in [3.63, 3.8) is 0 Å². The van der Waals surface area contributed by atoms with E-state index in [0.717, 1.165) is 0 Å². The summed E-state index contributed by atoms with van der Waals surface area (Å²) in [5.74, 6) is 0.780. The van der Waals surface area contributed by atoms with Crippen molar-refractivity contribution in [1.29, 1.82) is 0 Å². The van der Waals surface area contributed by atoms with Crippen LogP contribution in [0.2, 0.25) is 0 Å². The minimum absolute atomic E-state index is 0.218. The van der Waals surface area contributed by atoms with Crippen LogP contribution in [0.4, 0.5) is 0 Å². The number of nitrogens with two attached hydrogens (primary N) is 1. The van der Waals surface area contributed by atoms with Gasteiger partial charge in [0, 0.05) is 6.20 Å². The first kappa shape index (κ1) is 15.9. The lowest BCUT2D eigenvalue weighted by molar-refractivity contribution is -0.0702. The van der Waals surface area contributed by atoms with Gasteiger partial charge in [0.15, 0.2) is 0 Å². The highest BCUT2D eigenvalue weighted by Gasteiger charge is 2.21. The molecule has 1 rings (SSSR count). The van der Waals surface area contributed by atoms with E-state index in [1.54, 1.807) is 31.0 Å². The summed E-state index contributed by atoms with van der Waals surface area (Å²) in [6.07, 6.45) is 2.35. The fourth-order valence-corrected chi connectivity index (χ4v) is 1.87. The SMILES string of the molecule is C=C1N=C(N)C=CN1[C@@H](C)OC(C)COP(=O)(O)O. The molecule has 2 atom stereocenters. The van der Waals surface area contributed by atoms with Gasteiger partial charge in [-0.3, -0.25) is 4.52 Å². The van der Waals surface area contributed by atoms with E-state index in [4.69, 9.17) is 20.3 Å². The molecular weight excluding hydrogens is 273 g/mol. The molecule has 1 aliphatic rings. The fourth-order valence-electron chi connectivity index (χ4n) is 1.46. The number of hydrogen-bond acceptors (Lipinski definition) is 6. The molecule has 9 heteroatoms. The van der Waals surface area contributed by atoms with Gasteiger partial charge in [-0.1, -0.05) is 6.58 Å². The monoisotopic (exact) mass is 291 g/mol. The van der Waals surface area contributed by atoms with Crippen LogP contribution in [0.15, 0.2) is 29.7 Å². The summed E-state index contributed by atoms with van der Waals surface area (Å²) in [4.78, 5) is 22.8. The number of rotatable bonds is 6. The average molecular weight is 291 g/mol. The van der Waals surface area contributed by atoms with E-state index in [-0.39, 0.29) is 6.61 Å². The molecule has 0 radical (unpaired) electrons. The Morgan fingerprint density at radius 1 is 1.58 bits per heavy atom. The van der Waals surface area contributed by atoms with Crippen molar-refractivity contribution in [1.82, 2.24) is 4.90 Å². The molecule has 4 N–H and O–H groups in total. The Morgan fingerprint density at radius 3 is 2.74 bits per heavy atom. The smallest absolute Gasteiger partial charge is 0.384 e. The highest BCUT2D eigenvalue weighted by Crippen LogP contribution is 2.35. The summed E-state index contributed by atoms with van der Waals surface area (Å²) in [6.45, 7) is 6.90. The second-order valence-corrected chi connectivity index (χ2v) is 5.25. The van der Waals surface area contributed by atoms with Crippen LogP contribution in [0.25, 0.3) is 0 Å². The van der Waals surface area contributed by atoms with Gasteiger partial charge in [0.25, 0.3) is 0 Å². The Kier molecular flexibility index (Phi) is 5.28. The first-order valence-electron chi connectivity index (χ1n) is 5.54. The number of amidine groups is 1. The van der Waals surface area contributed by atoms with Crippen LogP contribution < -0.4 is 5.73 Å². The molecule has 0 saturated carbocycles. The second-order valence-electron chi connectivity index (χ2n) is 4.01. The zero-order chi connectivity index (χ0) is 14.6. The maximum Gasteiger partial charge on any atom is 0.469 e. The normalized spacial score (nSPS) is 19.3. The summed E-state index contributed by atoms with van der Waals surface area (Å²) in [5, 5.41) is 0. The predicted octanol–water partition coefficient (Wildman–Crippen LogP) is 0.504. The second kappa shape index (κ2) is 6.31. The quantitative estimate of drug-likeness (QED) is 0.610. The molecule has 0 aromatic carbocycles. The molecule has 0 fully saturated rings. The minimum atomic E-state index is -4.48. The Labute approximate surface area is 111 Å². The maximum atomic E-state index is 10.6. The Balaban J connectivity index is 2.47. The lowest BCUT2D eigenvalue weighted by atomic mass is 10.4. The zero-order valence-corrected chi connectivity index (χ0v) is 11.7. The molecule has 0 aliphatic carbocycles. The summed E-state index contributed by atoms with van der Waals surface area (Å²) < 4.78 is 20.4. The van der Waals surface area contributed by atoms with E-state index in [9.17, 15) is 4.57 Å². The van der Waals surface area contributed by atoms with Gasteiger partial charge >= 0.3 is 7.82 Å². The highest BCUT2D eigenvalue weighted by atomic mass is 31.2. The Bertz CT molecular complexity index is 444.